The molecule has 0 radical (unpaired) electrons. The van der Waals surface area contributed by atoms with Crippen LogP contribution in [0.1, 0.15) is 82.3 Å². The molecule has 0 bridgehead atoms. The predicted molar refractivity (Wildman–Crippen MR) is 233 cm³/mol. The number of β-amino-alcohol motifs (C(OH)–C–C–N with tert-alkyl or cyclic N) is 1. The van der Waals surface area contributed by atoms with Crippen LogP contribution in [0.25, 0.3) is 32.9 Å². The highest BCUT2D eigenvalue weighted by Gasteiger charge is 2.45. The van der Waals surface area contributed by atoms with Gasteiger partial charge >= 0.3 is 6.01 Å². The molecular weight excluding hydrogens is 811 g/mol. The number of likely N-dealkylation sites (tertiary alicyclic amines) is 1. The fourth-order valence-electron chi connectivity index (χ4n) is 9.56. The molecule has 1 unspecified atom stereocenters. The van der Waals surface area contributed by atoms with Crippen LogP contribution in [0.3, 0.4) is 0 Å². The van der Waals surface area contributed by atoms with Gasteiger partial charge in [-0.15, -0.1) is 0 Å². The number of halogens is 2. The molecule has 0 spiro atoms. The topological polar surface area (TPSA) is 148 Å². The Morgan fingerprint density at radius 1 is 0.952 bits per heavy atom. The maximum atomic E-state index is 17.3. The van der Waals surface area contributed by atoms with Crippen molar-refractivity contribution in [2.45, 2.75) is 89.3 Å². The summed E-state index contributed by atoms with van der Waals surface area (Å²) in [7, 11) is 1.51. The van der Waals surface area contributed by atoms with E-state index in [-0.39, 0.29) is 47.6 Å². The number of nitrogens with one attached hydrogen (secondary N) is 1. The van der Waals surface area contributed by atoms with E-state index in [0.717, 1.165) is 51.7 Å². The van der Waals surface area contributed by atoms with Crippen molar-refractivity contribution in [2.75, 3.05) is 58.1 Å². The normalized spacial score (nSPS) is 21.7. The van der Waals surface area contributed by atoms with Gasteiger partial charge in [0.15, 0.2) is 18.7 Å². The van der Waals surface area contributed by atoms with Gasteiger partial charge in [-0.05, 0) is 123 Å². The number of amides is 2. The standard InChI is InChI=1S/C48H54F2N6O7/c1-4-34-37(49)11-8-31-22-33(62-28-60-3)23-35(40(31)34)42-41(50)43-36(24-51-42)44(56-19-5-16-47(2,59)25-56)54-46(53-43)61-27-48(17-18-48)26-55-20-14-30(15-21-55)29-6-9-32(10-7-29)63-38-12-13-39(57)52-45(38)58/h6-11,22-24,30,38,59H,4-5,12-21,25-28H2,1-3H3,(H,52,57,58)/t38?,47-/m1/s1. The van der Waals surface area contributed by atoms with Gasteiger partial charge in [-0.25, -0.2) is 8.78 Å². The third-order valence-electron chi connectivity index (χ3n) is 13.1. The molecule has 2 aromatic heterocycles. The van der Waals surface area contributed by atoms with Crippen LogP contribution in [0, 0.1) is 17.0 Å². The Balaban J connectivity index is 0.940. The lowest BCUT2D eigenvalue weighted by Gasteiger charge is -2.38. The number of imide groups is 1. The summed E-state index contributed by atoms with van der Waals surface area (Å²) >= 11 is 0. The number of methoxy groups -OCH3 is 1. The van der Waals surface area contributed by atoms with Gasteiger partial charge in [-0.3, -0.25) is 19.9 Å². The van der Waals surface area contributed by atoms with Gasteiger partial charge in [0.1, 0.15) is 34.3 Å². The molecular formula is C48H54F2N6O7. The molecule has 1 aliphatic carbocycles. The largest absolute Gasteiger partial charge is 0.481 e. The van der Waals surface area contributed by atoms with E-state index in [1.807, 2.05) is 24.0 Å². The molecule has 4 fully saturated rings. The van der Waals surface area contributed by atoms with Gasteiger partial charge in [-0.1, -0.05) is 25.1 Å². The highest BCUT2D eigenvalue weighted by Crippen LogP contribution is 2.48. The minimum Gasteiger partial charge on any atom is -0.481 e. The third-order valence-corrected chi connectivity index (χ3v) is 13.1. The highest BCUT2D eigenvalue weighted by atomic mass is 19.1. The summed E-state index contributed by atoms with van der Waals surface area (Å²) < 4.78 is 55.9. The van der Waals surface area contributed by atoms with Gasteiger partial charge in [0.2, 0.25) is 5.91 Å². The van der Waals surface area contributed by atoms with Gasteiger partial charge in [-0.2, -0.15) is 9.97 Å². The number of hydrogen-bond acceptors (Lipinski definition) is 12. The number of anilines is 1. The van der Waals surface area contributed by atoms with E-state index < -0.39 is 23.4 Å². The number of ether oxygens (including phenoxy) is 4. The van der Waals surface area contributed by atoms with Crippen LogP contribution in [0.5, 0.6) is 17.5 Å². The zero-order chi connectivity index (χ0) is 43.9. The van der Waals surface area contributed by atoms with Crippen LogP contribution in [0.4, 0.5) is 14.6 Å². The Kier molecular flexibility index (Phi) is 11.9. The average molecular weight is 865 g/mol. The van der Waals surface area contributed by atoms with Gasteiger partial charge < -0.3 is 33.9 Å². The zero-order valence-electron chi connectivity index (χ0n) is 36.1. The van der Waals surface area contributed by atoms with Gasteiger partial charge in [0, 0.05) is 56.8 Å². The second kappa shape index (κ2) is 17.6. The summed E-state index contributed by atoms with van der Waals surface area (Å²) in [6, 6.07) is 14.5. The summed E-state index contributed by atoms with van der Waals surface area (Å²) in [6.45, 7) is 7.62. The van der Waals surface area contributed by atoms with E-state index in [0.29, 0.717) is 89.5 Å². The van der Waals surface area contributed by atoms with Crippen molar-refractivity contribution in [3.63, 3.8) is 0 Å². The summed E-state index contributed by atoms with van der Waals surface area (Å²) in [5.74, 6) is 0.134. The molecule has 2 atom stereocenters. The summed E-state index contributed by atoms with van der Waals surface area (Å²) in [5, 5.41) is 15.0. The number of carbonyl (C=O) groups excluding carboxylic acids is 2. The van der Waals surface area contributed by atoms with E-state index in [9.17, 15) is 14.7 Å². The van der Waals surface area contributed by atoms with E-state index in [2.05, 4.69) is 27.3 Å². The Hall–Kier alpha value is -5.51. The maximum Gasteiger partial charge on any atom is 0.319 e. The lowest BCUT2D eigenvalue weighted by molar-refractivity contribution is -0.138. The number of aryl methyl sites for hydroxylation is 1. The zero-order valence-corrected chi connectivity index (χ0v) is 36.1. The molecule has 2 amide bonds. The SMILES string of the molecule is CCc1c(F)ccc2cc(OCOC)cc(-c3ncc4c(N5CCC[C@@](C)(O)C5)nc(OCC5(CN6CCC(c7ccc(OC8CCC(=O)NC8=O)cc7)CC6)CC5)nc4c3F)c12. The first-order valence-corrected chi connectivity index (χ1v) is 22.1. The lowest BCUT2D eigenvalue weighted by atomic mass is 9.89. The quantitative estimate of drug-likeness (QED) is 0.0857. The third kappa shape index (κ3) is 9.14. The predicted octanol–water partition coefficient (Wildman–Crippen LogP) is 7.24. The Morgan fingerprint density at radius 3 is 2.46 bits per heavy atom. The fourth-order valence-corrected chi connectivity index (χ4v) is 9.56. The minimum absolute atomic E-state index is 0.00419. The van der Waals surface area contributed by atoms with Crippen molar-refractivity contribution in [1.29, 1.82) is 0 Å². The molecule has 63 heavy (non-hydrogen) atoms. The first-order chi connectivity index (χ1) is 30.4. The Morgan fingerprint density at radius 2 is 1.75 bits per heavy atom. The van der Waals surface area contributed by atoms with Crippen molar-refractivity contribution in [3.05, 3.63) is 77.5 Å². The molecule has 9 rings (SSSR count). The molecule has 13 nitrogen and oxygen atoms in total. The molecule has 2 N–H and O–H groups in total. The van der Waals surface area contributed by atoms with Crippen molar-refractivity contribution in [3.8, 4) is 28.8 Å². The van der Waals surface area contributed by atoms with E-state index >= 15 is 8.78 Å². The van der Waals surface area contributed by atoms with E-state index in [1.54, 1.807) is 31.3 Å². The minimum atomic E-state index is -0.967. The molecule has 1 saturated carbocycles. The fraction of sp³-hybridized carbons (Fsp3) is 0.479. The van der Waals surface area contributed by atoms with Crippen LogP contribution >= 0.6 is 0 Å². The number of aliphatic hydroxyl groups is 1. The number of benzene rings is 3. The van der Waals surface area contributed by atoms with Crippen molar-refractivity contribution < 1.29 is 42.4 Å². The highest BCUT2D eigenvalue weighted by molar-refractivity contribution is 6.02. The van der Waals surface area contributed by atoms with Gasteiger partial charge in [0.25, 0.3) is 5.91 Å². The van der Waals surface area contributed by atoms with Crippen molar-refractivity contribution >= 4 is 39.3 Å². The van der Waals surface area contributed by atoms with E-state index in [4.69, 9.17) is 28.9 Å². The molecule has 3 aliphatic heterocycles. The molecule has 4 aliphatic rings. The number of piperidine rings is 3. The summed E-state index contributed by atoms with van der Waals surface area (Å²) in [4.78, 5) is 42.4. The van der Waals surface area contributed by atoms with Gasteiger partial charge in [0.05, 0.1) is 17.6 Å². The van der Waals surface area contributed by atoms with Crippen LogP contribution in [-0.2, 0) is 20.7 Å². The second-order valence-corrected chi connectivity index (χ2v) is 18.0. The monoisotopic (exact) mass is 864 g/mol. The number of hydrogen-bond donors (Lipinski definition) is 2. The number of fused-ring (bicyclic) bond motifs is 2. The van der Waals surface area contributed by atoms with Crippen LogP contribution in [-0.4, -0.2) is 102 Å². The summed E-state index contributed by atoms with van der Waals surface area (Å²) in [6.07, 6.45) is 7.25. The first-order valence-electron chi connectivity index (χ1n) is 22.1. The second-order valence-electron chi connectivity index (χ2n) is 18.0. The summed E-state index contributed by atoms with van der Waals surface area (Å²) in [5.41, 5.74) is 1.02. The molecule has 332 valence electrons. The Labute approximate surface area is 365 Å². The van der Waals surface area contributed by atoms with Crippen LogP contribution in [0.2, 0.25) is 0 Å². The first kappa shape index (κ1) is 42.8. The number of nitrogens with zero attached hydrogens (tertiary/aromatic N) is 5. The molecule has 15 heteroatoms. The van der Waals surface area contributed by atoms with Crippen LogP contribution < -0.4 is 24.4 Å². The van der Waals surface area contributed by atoms with Crippen molar-refractivity contribution in [1.82, 2.24) is 25.2 Å². The van der Waals surface area contributed by atoms with Crippen molar-refractivity contribution in [2.24, 2.45) is 5.41 Å². The lowest BCUT2D eigenvalue weighted by Crippen LogP contribution is -2.46. The number of carbonyl (C=O) groups is 2. The van der Waals surface area contributed by atoms with Crippen LogP contribution in [0.15, 0.2) is 54.7 Å². The molecule has 5 heterocycles. The average Bonchev–Trinajstić information content (AvgIpc) is 4.05. The molecule has 3 saturated heterocycles. The smallest absolute Gasteiger partial charge is 0.319 e. The van der Waals surface area contributed by atoms with E-state index in [1.165, 1.54) is 18.7 Å². The molecule has 5 aromatic rings. The number of aromatic nitrogens is 3. The maximum absolute atomic E-state index is 17.3. The number of rotatable bonds is 14. The number of pyridine rings is 1. The Bertz CT molecular complexity index is 2530. The molecule has 3 aromatic carbocycles.